The van der Waals surface area contributed by atoms with E-state index < -0.39 is 0 Å². The van der Waals surface area contributed by atoms with Crippen LogP contribution < -0.4 is 10.1 Å². The van der Waals surface area contributed by atoms with Crippen molar-refractivity contribution in [3.63, 3.8) is 0 Å². The summed E-state index contributed by atoms with van der Waals surface area (Å²) in [7, 11) is 2.07. The number of ether oxygens (including phenoxy) is 1. The summed E-state index contributed by atoms with van der Waals surface area (Å²) in [5, 5.41) is 3.38. The van der Waals surface area contributed by atoms with Crippen molar-refractivity contribution in [1.82, 2.24) is 5.32 Å². The average Bonchev–Trinajstić information content (AvgIpc) is 3.05. The van der Waals surface area contributed by atoms with E-state index in [-0.39, 0.29) is 0 Å². The molecule has 0 amide bonds. The van der Waals surface area contributed by atoms with Gasteiger partial charge in [0.05, 0.1) is 6.10 Å². The molecule has 17 heavy (non-hydrogen) atoms. The minimum Gasteiger partial charge on any atom is -0.490 e. The van der Waals surface area contributed by atoms with Crippen molar-refractivity contribution in [1.29, 1.82) is 0 Å². The fourth-order valence-corrected chi connectivity index (χ4v) is 2.74. The van der Waals surface area contributed by atoms with Crippen LogP contribution in [0.2, 0.25) is 0 Å². The zero-order chi connectivity index (χ0) is 11.7. The molecule has 1 aromatic rings. The third-order valence-electron chi connectivity index (χ3n) is 4.02. The smallest absolute Gasteiger partial charge is 0.119 e. The second kappa shape index (κ2) is 4.69. The zero-order valence-electron chi connectivity index (χ0n) is 10.5. The van der Waals surface area contributed by atoms with Crippen LogP contribution in [0.1, 0.15) is 43.6 Å². The van der Waals surface area contributed by atoms with E-state index in [0.29, 0.717) is 12.1 Å². The van der Waals surface area contributed by atoms with Gasteiger partial charge in [0, 0.05) is 6.04 Å². The molecule has 2 atom stereocenters. The van der Waals surface area contributed by atoms with E-state index in [2.05, 4.69) is 36.6 Å². The van der Waals surface area contributed by atoms with Gasteiger partial charge in [-0.1, -0.05) is 12.1 Å². The highest BCUT2D eigenvalue weighted by Gasteiger charge is 2.25. The fraction of sp³-hybridized carbons (Fsp3) is 0.600. The first-order chi connectivity index (χ1) is 8.35. The van der Waals surface area contributed by atoms with Crippen LogP contribution in [0.25, 0.3) is 0 Å². The molecule has 2 heteroatoms. The summed E-state index contributed by atoms with van der Waals surface area (Å²) in [5.41, 5.74) is 1.48. The molecule has 0 radical (unpaired) electrons. The lowest BCUT2D eigenvalue weighted by Crippen LogP contribution is -2.21. The van der Waals surface area contributed by atoms with E-state index in [1.807, 2.05) is 0 Å². The molecule has 2 fully saturated rings. The Kier molecular flexibility index (Phi) is 3.06. The second-order valence-electron chi connectivity index (χ2n) is 5.38. The standard InChI is InChI=1S/C15H21NO/c1-16-13-5-2-12(10-13)11-3-6-14(7-4-11)17-15-8-9-15/h3-4,6-7,12-13,15-16H,2,5,8-10H2,1H3. The Balaban J connectivity index is 1.63. The molecule has 0 heterocycles. The molecule has 0 spiro atoms. The van der Waals surface area contributed by atoms with Crippen molar-refractivity contribution in [2.24, 2.45) is 0 Å². The Bertz CT molecular complexity index is 369. The average molecular weight is 231 g/mol. The van der Waals surface area contributed by atoms with Crippen molar-refractivity contribution in [2.45, 2.75) is 50.2 Å². The number of benzene rings is 1. The van der Waals surface area contributed by atoms with Gasteiger partial charge in [-0.2, -0.15) is 0 Å². The number of hydrogen-bond acceptors (Lipinski definition) is 2. The van der Waals surface area contributed by atoms with Gasteiger partial charge >= 0.3 is 0 Å². The van der Waals surface area contributed by atoms with Crippen molar-refractivity contribution in [3.8, 4) is 5.75 Å². The SMILES string of the molecule is CNC1CCC(c2ccc(OC3CC3)cc2)C1. The van der Waals surface area contributed by atoms with E-state index in [0.717, 1.165) is 11.7 Å². The molecule has 2 nitrogen and oxygen atoms in total. The molecule has 92 valence electrons. The van der Waals surface area contributed by atoms with E-state index in [1.54, 1.807) is 0 Å². The third kappa shape index (κ3) is 2.63. The minimum absolute atomic E-state index is 0.501. The monoisotopic (exact) mass is 231 g/mol. The first kappa shape index (κ1) is 11.1. The Hall–Kier alpha value is -1.02. The van der Waals surface area contributed by atoms with E-state index in [1.165, 1.54) is 37.7 Å². The van der Waals surface area contributed by atoms with E-state index in [9.17, 15) is 0 Å². The Morgan fingerprint density at radius 2 is 1.82 bits per heavy atom. The van der Waals surface area contributed by atoms with Crippen molar-refractivity contribution in [2.75, 3.05) is 7.05 Å². The summed E-state index contributed by atoms with van der Waals surface area (Å²) in [5.74, 6) is 1.78. The van der Waals surface area contributed by atoms with E-state index in [4.69, 9.17) is 4.74 Å². The lowest BCUT2D eigenvalue weighted by Gasteiger charge is -2.12. The van der Waals surface area contributed by atoms with Gasteiger partial charge in [-0.3, -0.25) is 0 Å². The highest BCUT2D eigenvalue weighted by atomic mass is 16.5. The Labute approximate surface area is 103 Å². The molecular weight excluding hydrogens is 210 g/mol. The second-order valence-corrected chi connectivity index (χ2v) is 5.38. The molecule has 0 bridgehead atoms. The van der Waals surface area contributed by atoms with Crippen LogP contribution in [0.15, 0.2) is 24.3 Å². The molecule has 2 saturated carbocycles. The predicted molar refractivity (Wildman–Crippen MR) is 69.5 cm³/mol. The summed E-state index contributed by atoms with van der Waals surface area (Å²) in [6, 6.07) is 9.49. The maximum Gasteiger partial charge on any atom is 0.119 e. The Morgan fingerprint density at radius 1 is 1.06 bits per heavy atom. The summed E-state index contributed by atoms with van der Waals surface area (Å²) < 4.78 is 5.77. The topological polar surface area (TPSA) is 21.3 Å². The van der Waals surface area contributed by atoms with Crippen LogP contribution >= 0.6 is 0 Å². The van der Waals surface area contributed by atoms with Gasteiger partial charge in [-0.05, 0) is 62.8 Å². The molecule has 2 aliphatic rings. The highest BCUT2D eigenvalue weighted by molar-refractivity contribution is 5.30. The van der Waals surface area contributed by atoms with Gasteiger partial charge in [-0.15, -0.1) is 0 Å². The molecule has 2 unspecified atom stereocenters. The molecular formula is C15H21NO. The van der Waals surface area contributed by atoms with Crippen LogP contribution in [0.5, 0.6) is 5.75 Å². The maximum atomic E-state index is 5.77. The third-order valence-corrected chi connectivity index (χ3v) is 4.02. The van der Waals surface area contributed by atoms with Gasteiger partial charge in [0.25, 0.3) is 0 Å². The molecule has 0 aromatic heterocycles. The summed E-state index contributed by atoms with van der Waals surface area (Å²) in [4.78, 5) is 0. The number of nitrogens with one attached hydrogen (secondary N) is 1. The van der Waals surface area contributed by atoms with Crippen LogP contribution in [0, 0.1) is 0 Å². The molecule has 1 aromatic carbocycles. The highest BCUT2D eigenvalue weighted by Crippen LogP contribution is 2.35. The van der Waals surface area contributed by atoms with Crippen molar-refractivity contribution >= 4 is 0 Å². The molecule has 1 N–H and O–H groups in total. The van der Waals surface area contributed by atoms with Gasteiger partial charge in [0.15, 0.2) is 0 Å². The van der Waals surface area contributed by atoms with Crippen LogP contribution in [0.3, 0.4) is 0 Å². The summed E-state index contributed by atoms with van der Waals surface area (Å²) in [6.45, 7) is 0. The van der Waals surface area contributed by atoms with Crippen molar-refractivity contribution < 1.29 is 4.74 Å². The van der Waals surface area contributed by atoms with Crippen LogP contribution in [0.4, 0.5) is 0 Å². The summed E-state index contributed by atoms with van der Waals surface area (Å²) >= 11 is 0. The molecule has 2 aliphatic carbocycles. The van der Waals surface area contributed by atoms with Gasteiger partial charge < -0.3 is 10.1 Å². The first-order valence-corrected chi connectivity index (χ1v) is 6.79. The zero-order valence-corrected chi connectivity index (χ0v) is 10.5. The predicted octanol–water partition coefficient (Wildman–Crippen LogP) is 3.08. The largest absolute Gasteiger partial charge is 0.490 e. The number of rotatable bonds is 4. The first-order valence-electron chi connectivity index (χ1n) is 6.79. The lowest BCUT2D eigenvalue weighted by atomic mass is 9.97. The molecule has 3 rings (SSSR count). The normalized spacial score (nSPS) is 28.3. The fourth-order valence-electron chi connectivity index (χ4n) is 2.74. The van der Waals surface area contributed by atoms with Gasteiger partial charge in [-0.25, -0.2) is 0 Å². The lowest BCUT2D eigenvalue weighted by molar-refractivity contribution is 0.303. The quantitative estimate of drug-likeness (QED) is 0.859. The number of hydrogen-bond donors (Lipinski definition) is 1. The van der Waals surface area contributed by atoms with Gasteiger partial charge in [0.2, 0.25) is 0 Å². The Morgan fingerprint density at radius 3 is 2.41 bits per heavy atom. The van der Waals surface area contributed by atoms with E-state index >= 15 is 0 Å². The molecule has 0 saturated heterocycles. The van der Waals surface area contributed by atoms with Crippen LogP contribution in [-0.4, -0.2) is 19.2 Å². The maximum absolute atomic E-state index is 5.77. The molecule has 0 aliphatic heterocycles. The minimum atomic E-state index is 0.501. The van der Waals surface area contributed by atoms with Crippen LogP contribution in [-0.2, 0) is 0 Å². The van der Waals surface area contributed by atoms with Gasteiger partial charge in [0.1, 0.15) is 5.75 Å². The summed E-state index contributed by atoms with van der Waals surface area (Å²) in [6.07, 6.45) is 6.86. The van der Waals surface area contributed by atoms with Crippen molar-refractivity contribution in [3.05, 3.63) is 29.8 Å².